The zero-order valence-electron chi connectivity index (χ0n) is 17.9. The van der Waals surface area contributed by atoms with Gasteiger partial charge in [0.15, 0.2) is 5.65 Å². The molecule has 1 saturated carbocycles. The number of fused-ring (bicyclic) bond motifs is 1. The van der Waals surface area contributed by atoms with E-state index >= 15 is 0 Å². The molecule has 0 amide bonds. The molecule has 0 bridgehead atoms. The molecule has 162 valence electrons. The largest absolute Gasteiger partial charge is 0.375 e. The highest BCUT2D eigenvalue weighted by atomic mass is 79.9. The molecule has 7 heteroatoms. The predicted molar refractivity (Wildman–Crippen MR) is 128 cm³/mol. The third-order valence-electron chi connectivity index (χ3n) is 6.28. The van der Waals surface area contributed by atoms with E-state index in [4.69, 9.17) is 14.7 Å². The molecule has 2 fully saturated rings. The van der Waals surface area contributed by atoms with Crippen LogP contribution < -0.4 is 10.2 Å². The fourth-order valence-electron chi connectivity index (χ4n) is 4.62. The number of anilines is 3. The lowest BCUT2D eigenvalue weighted by Gasteiger charge is -2.31. The van der Waals surface area contributed by atoms with E-state index < -0.39 is 0 Å². The van der Waals surface area contributed by atoms with Crippen LogP contribution in [0.25, 0.3) is 11.0 Å². The van der Waals surface area contributed by atoms with Crippen molar-refractivity contribution in [3.63, 3.8) is 0 Å². The highest BCUT2D eigenvalue weighted by Crippen LogP contribution is 2.34. The second kappa shape index (κ2) is 9.09. The van der Waals surface area contributed by atoms with Crippen LogP contribution in [0.2, 0.25) is 0 Å². The van der Waals surface area contributed by atoms with E-state index in [0.29, 0.717) is 24.1 Å². The number of benzene rings is 1. The van der Waals surface area contributed by atoms with E-state index in [1.165, 1.54) is 37.7 Å². The van der Waals surface area contributed by atoms with Crippen LogP contribution in [0.15, 0.2) is 41.0 Å². The first-order valence-corrected chi connectivity index (χ1v) is 12.0. The monoisotopic (exact) mass is 481 g/mol. The first kappa shape index (κ1) is 20.6. The van der Waals surface area contributed by atoms with Gasteiger partial charge in [-0.15, -0.1) is 0 Å². The Hall–Kier alpha value is -2.25. The molecule has 1 atom stereocenters. The highest BCUT2D eigenvalue weighted by molar-refractivity contribution is 9.10. The summed E-state index contributed by atoms with van der Waals surface area (Å²) in [7, 11) is 0. The summed E-state index contributed by atoms with van der Waals surface area (Å²) in [5.41, 5.74) is 3.17. The number of hydrogen-bond acceptors (Lipinski definition) is 6. The molecular weight excluding hydrogens is 454 g/mol. The third-order valence-corrected chi connectivity index (χ3v) is 6.71. The fraction of sp³-hybridized carbons (Fsp3) is 0.458. The first-order valence-electron chi connectivity index (χ1n) is 11.2. The lowest BCUT2D eigenvalue weighted by molar-refractivity contribution is 0.0526. The first-order chi connectivity index (χ1) is 15.2. The van der Waals surface area contributed by atoms with E-state index in [0.717, 1.165) is 34.5 Å². The summed E-state index contributed by atoms with van der Waals surface area (Å²) in [6.45, 7) is 4.32. The summed E-state index contributed by atoms with van der Waals surface area (Å²) in [6, 6.07) is 10.9. The van der Waals surface area contributed by atoms with Crippen molar-refractivity contribution in [2.75, 3.05) is 29.9 Å². The lowest BCUT2D eigenvalue weighted by atomic mass is 9.84. The molecule has 31 heavy (non-hydrogen) atoms. The maximum absolute atomic E-state index is 5.69. The molecule has 2 aliphatic rings. The zero-order chi connectivity index (χ0) is 21.2. The summed E-state index contributed by atoms with van der Waals surface area (Å²) in [6.07, 6.45) is 8.64. The van der Waals surface area contributed by atoms with Crippen molar-refractivity contribution in [1.82, 2.24) is 15.0 Å². The summed E-state index contributed by atoms with van der Waals surface area (Å²) >= 11 is 3.54. The number of halogens is 1. The van der Waals surface area contributed by atoms with Gasteiger partial charge in [0.05, 0.1) is 18.1 Å². The minimum Gasteiger partial charge on any atom is -0.375 e. The molecule has 1 N–H and O–H groups in total. The molecule has 0 radical (unpaired) electrons. The Morgan fingerprint density at radius 1 is 1.10 bits per heavy atom. The van der Waals surface area contributed by atoms with E-state index in [-0.39, 0.29) is 6.10 Å². The molecule has 1 aliphatic carbocycles. The highest BCUT2D eigenvalue weighted by Gasteiger charge is 2.21. The van der Waals surface area contributed by atoms with E-state index in [1.54, 1.807) is 6.20 Å². The third kappa shape index (κ3) is 4.67. The Kier molecular flexibility index (Phi) is 6.05. The van der Waals surface area contributed by atoms with Gasteiger partial charge in [-0.2, -0.15) is 9.97 Å². The van der Waals surface area contributed by atoms with Crippen molar-refractivity contribution in [2.24, 2.45) is 0 Å². The van der Waals surface area contributed by atoms with Gasteiger partial charge in [0.2, 0.25) is 5.95 Å². The number of pyridine rings is 1. The molecule has 2 aromatic heterocycles. The van der Waals surface area contributed by atoms with Crippen LogP contribution in [0, 0.1) is 0 Å². The van der Waals surface area contributed by atoms with Crippen LogP contribution in [0.3, 0.4) is 0 Å². The number of morpholine rings is 1. The van der Waals surface area contributed by atoms with E-state index in [2.05, 4.69) is 62.3 Å². The number of aromatic nitrogens is 3. The second-order valence-electron chi connectivity index (χ2n) is 8.61. The molecule has 6 nitrogen and oxygen atoms in total. The van der Waals surface area contributed by atoms with Crippen molar-refractivity contribution in [2.45, 2.75) is 51.0 Å². The van der Waals surface area contributed by atoms with Gasteiger partial charge in [-0.3, -0.25) is 0 Å². The summed E-state index contributed by atoms with van der Waals surface area (Å²) in [5.74, 6) is 2.18. The molecule has 1 unspecified atom stereocenters. The van der Waals surface area contributed by atoms with Crippen molar-refractivity contribution in [3.05, 3.63) is 46.6 Å². The van der Waals surface area contributed by atoms with Crippen LogP contribution in [0.4, 0.5) is 17.5 Å². The van der Waals surface area contributed by atoms with Gasteiger partial charge < -0.3 is 15.0 Å². The Morgan fingerprint density at radius 2 is 1.90 bits per heavy atom. The van der Waals surface area contributed by atoms with Gasteiger partial charge in [-0.1, -0.05) is 31.4 Å². The number of nitrogens with one attached hydrogen (secondary N) is 1. The minimum atomic E-state index is 0.162. The van der Waals surface area contributed by atoms with Crippen molar-refractivity contribution < 1.29 is 4.74 Å². The normalized spacial score (nSPS) is 20.2. The molecule has 0 spiro atoms. The predicted octanol–water partition coefficient (Wildman–Crippen LogP) is 5.80. The van der Waals surface area contributed by atoms with Crippen LogP contribution in [0.5, 0.6) is 0 Å². The molecule has 3 heterocycles. The summed E-state index contributed by atoms with van der Waals surface area (Å²) in [4.78, 5) is 16.3. The fourth-order valence-corrected chi connectivity index (χ4v) is 4.95. The van der Waals surface area contributed by atoms with Gasteiger partial charge in [0.1, 0.15) is 5.82 Å². The summed E-state index contributed by atoms with van der Waals surface area (Å²) < 4.78 is 6.59. The quantitative estimate of drug-likeness (QED) is 0.507. The topological polar surface area (TPSA) is 63.2 Å². The molecule has 5 rings (SSSR count). The van der Waals surface area contributed by atoms with Crippen molar-refractivity contribution in [3.8, 4) is 0 Å². The molecule has 1 aliphatic heterocycles. The maximum atomic E-state index is 5.69. The average molecular weight is 482 g/mol. The Bertz CT molecular complexity index is 1050. The SMILES string of the molecule is CC1CN(c2nc(Nc3ccc(C4CCCCC4)cc3)c3cc(Br)cnc3n2)CCO1. The maximum Gasteiger partial charge on any atom is 0.229 e. The molecule has 1 saturated heterocycles. The van der Waals surface area contributed by atoms with Crippen molar-refractivity contribution in [1.29, 1.82) is 0 Å². The zero-order valence-corrected chi connectivity index (χ0v) is 19.4. The van der Waals surface area contributed by atoms with E-state index in [1.807, 2.05) is 6.07 Å². The number of nitrogens with zero attached hydrogens (tertiary/aromatic N) is 4. The minimum absolute atomic E-state index is 0.162. The van der Waals surface area contributed by atoms with Gasteiger partial charge in [-0.25, -0.2) is 4.98 Å². The van der Waals surface area contributed by atoms with Crippen LogP contribution in [-0.4, -0.2) is 40.8 Å². The summed E-state index contributed by atoms with van der Waals surface area (Å²) in [5, 5.41) is 4.42. The van der Waals surface area contributed by atoms with Gasteiger partial charge in [-0.05, 0) is 65.4 Å². The molecular formula is C24H28BrN5O. The standard InChI is InChI=1S/C24H28BrN5O/c1-16-15-30(11-12-31-16)24-28-22-21(13-19(25)14-26-22)23(29-24)27-20-9-7-18(8-10-20)17-5-3-2-4-6-17/h7-10,13-14,16-17H,2-6,11-12,15H2,1H3,(H,26,27,28,29). The number of rotatable bonds is 4. The van der Waals surface area contributed by atoms with E-state index in [9.17, 15) is 0 Å². The van der Waals surface area contributed by atoms with Crippen LogP contribution in [0.1, 0.15) is 50.5 Å². The lowest BCUT2D eigenvalue weighted by Crippen LogP contribution is -2.42. The van der Waals surface area contributed by atoms with Gasteiger partial charge >= 0.3 is 0 Å². The smallest absolute Gasteiger partial charge is 0.229 e. The second-order valence-corrected chi connectivity index (χ2v) is 9.52. The number of ether oxygens (including phenoxy) is 1. The van der Waals surface area contributed by atoms with Crippen LogP contribution >= 0.6 is 15.9 Å². The molecule has 1 aromatic carbocycles. The van der Waals surface area contributed by atoms with Crippen molar-refractivity contribution >= 4 is 44.4 Å². The van der Waals surface area contributed by atoms with Gasteiger partial charge in [0.25, 0.3) is 0 Å². The Morgan fingerprint density at radius 3 is 2.68 bits per heavy atom. The van der Waals surface area contributed by atoms with Crippen LogP contribution in [-0.2, 0) is 4.74 Å². The number of hydrogen-bond donors (Lipinski definition) is 1. The average Bonchev–Trinajstić information content (AvgIpc) is 2.80. The molecule has 3 aromatic rings. The Labute approximate surface area is 191 Å². The van der Waals surface area contributed by atoms with Gasteiger partial charge in [0, 0.05) is 29.4 Å². The Balaban J connectivity index is 1.45.